The fraction of sp³-hybridized carbons (Fsp3) is 0.371. The fourth-order valence-electron chi connectivity index (χ4n) is 8.00. The molecule has 4 heterocycles. The number of halogens is 1. The van der Waals surface area contributed by atoms with Crippen LogP contribution in [0.25, 0.3) is 22.3 Å². The summed E-state index contributed by atoms with van der Waals surface area (Å²) in [6.45, 7) is 3.33. The van der Waals surface area contributed by atoms with Gasteiger partial charge >= 0.3 is 12.1 Å². The average Bonchev–Trinajstić information content (AvgIpc) is 3.45. The van der Waals surface area contributed by atoms with Crippen LogP contribution in [0.4, 0.5) is 9.18 Å². The molecule has 4 aromatic rings. The lowest BCUT2D eigenvalue weighted by atomic mass is 9.81. The van der Waals surface area contributed by atoms with Crippen molar-refractivity contribution in [3.8, 4) is 11.4 Å². The van der Waals surface area contributed by atoms with Gasteiger partial charge in [0, 0.05) is 22.6 Å². The Morgan fingerprint density at radius 3 is 2.81 bits per heavy atom. The number of ether oxygens (including phenoxy) is 2. The second kappa shape index (κ2) is 11.9. The van der Waals surface area contributed by atoms with E-state index in [1.54, 1.807) is 45.7 Å². The molecule has 9 nitrogen and oxygen atoms in total. The number of pyridine rings is 2. The number of aryl methyl sites for hydroxylation is 2. The molecular weight excluding hydrogens is 673 g/mol. The quantitative estimate of drug-likeness (QED) is 0.121. The summed E-state index contributed by atoms with van der Waals surface area (Å²) in [5, 5.41) is 15.2. The summed E-state index contributed by atoms with van der Waals surface area (Å²) in [5.74, 6) is -1.18. The lowest BCUT2D eigenvalue weighted by molar-refractivity contribution is -0.172. The van der Waals surface area contributed by atoms with E-state index in [-0.39, 0.29) is 53.4 Å². The number of nitrogens with one attached hydrogen (secondary N) is 1. The van der Waals surface area contributed by atoms with E-state index >= 15 is 4.39 Å². The van der Waals surface area contributed by atoms with Crippen molar-refractivity contribution in [1.29, 1.82) is 0 Å². The van der Waals surface area contributed by atoms with Gasteiger partial charge in [-0.25, -0.2) is 19.0 Å². The number of alkyl carbamates (subject to hydrolysis) is 1. The van der Waals surface area contributed by atoms with Gasteiger partial charge in [0.05, 0.1) is 40.3 Å². The molecule has 0 radical (unpaired) electrons. The Labute approximate surface area is 285 Å². The van der Waals surface area contributed by atoms with Crippen LogP contribution in [0, 0.1) is 12.7 Å². The summed E-state index contributed by atoms with van der Waals surface area (Å²) in [6, 6.07) is 10.8. The summed E-state index contributed by atoms with van der Waals surface area (Å²) >= 11 is 0. The van der Waals surface area contributed by atoms with E-state index in [0.717, 1.165) is 28.5 Å². The van der Waals surface area contributed by atoms with E-state index in [1.807, 2.05) is 12.1 Å². The number of fused-ring (bicyclic) bond motifs is 6. The predicted molar refractivity (Wildman–Crippen MR) is 186 cm³/mol. The minimum absolute atomic E-state index is 0.0225. The van der Waals surface area contributed by atoms with Gasteiger partial charge in [-0.05, 0) is 72.9 Å². The molecule has 48 heavy (non-hydrogen) atoms. The minimum atomic E-state index is -1.97. The zero-order chi connectivity index (χ0) is 33.5. The Morgan fingerprint density at radius 2 is 2.02 bits per heavy atom. The minimum Gasteiger partial charge on any atom is -0.458 e. The second-order valence-corrected chi connectivity index (χ2v) is 16.6. The average molecular weight is 706 g/mol. The number of benzene rings is 2. The summed E-state index contributed by atoms with van der Waals surface area (Å²) in [7, 11) is 5.88. The molecule has 13 heteroatoms. The van der Waals surface area contributed by atoms with Gasteiger partial charge in [-0.2, -0.15) is 0 Å². The molecule has 2 aliphatic carbocycles. The summed E-state index contributed by atoms with van der Waals surface area (Å²) in [6.07, 6.45) is 1.71. The van der Waals surface area contributed by atoms with Crippen molar-refractivity contribution in [2.45, 2.75) is 82.1 Å². The first-order chi connectivity index (χ1) is 23.1. The zero-order valence-corrected chi connectivity index (χ0v) is 29.1. The van der Waals surface area contributed by atoms with Crippen LogP contribution in [-0.4, -0.2) is 32.8 Å². The number of cyclic esters (lactones) is 1. The highest BCUT2D eigenvalue weighted by atomic mass is 33.3. The predicted octanol–water partition coefficient (Wildman–Crippen LogP) is 6.47. The number of esters is 1. The van der Waals surface area contributed by atoms with Crippen molar-refractivity contribution in [1.82, 2.24) is 14.9 Å². The van der Waals surface area contributed by atoms with E-state index in [0.29, 0.717) is 41.7 Å². The molecule has 8 rings (SSSR count). The maximum atomic E-state index is 15.3. The molecule has 2 N–H and O–H groups in total. The molecule has 248 valence electrons. The van der Waals surface area contributed by atoms with Crippen molar-refractivity contribution in [3.05, 3.63) is 97.1 Å². The number of rotatable bonds is 5. The van der Waals surface area contributed by atoms with Crippen LogP contribution in [0.3, 0.4) is 0 Å². The Morgan fingerprint density at radius 1 is 1.21 bits per heavy atom. The van der Waals surface area contributed by atoms with Crippen LogP contribution in [0.2, 0.25) is 0 Å². The van der Waals surface area contributed by atoms with Crippen LogP contribution in [0.5, 0.6) is 0 Å². The number of amides is 1. The Balaban J connectivity index is 1.21. The maximum Gasteiger partial charge on any atom is 0.407 e. The first kappa shape index (κ1) is 31.8. The summed E-state index contributed by atoms with van der Waals surface area (Å²) < 4.78 is 28.2. The third-order valence-corrected chi connectivity index (χ3v) is 13.3. The van der Waals surface area contributed by atoms with Crippen LogP contribution >= 0.6 is 29.6 Å². The lowest BCUT2D eigenvalue weighted by Crippen LogP contribution is -2.44. The zero-order valence-electron chi connectivity index (χ0n) is 26.3. The third kappa shape index (κ3) is 4.74. The molecule has 1 unspecified atom stereocenters. The van der Waals surface area contributed by atoms with Crippen molar-refractivity contribution in [2.75, 3.05) is 0 Å². The molecule has 0 spiro atoms. The van der Waals surface area contributed by atoms with Crippen molar-refractivity contribution < 1.29 is 28.6 Å². The van der Waals surface area contributed by atoms with E-state index in [4.69, 9.17) is 14.5 Å². The first-order valence-corrected chi connectivity index (χ1v) is 19.7. The lowest BCUT2D eigenvalue weighted by Gasteiger charge is -2.33. The topological polar surface area (TPSA) is 120 Å². The van der Waals surface area contributed by atoms with Crippen molar-refractivity contribution in [2.24, 2.45) is 0 Å². The number of hydrogen-bond acceptors (Lipinski definition) is 9. The molecule has 0 saturated heterocycles. The summed E-state index contributed by atoms with van der Waals surface area (Å²) in [5.41, 5.74) is 4.73. The smallest absolute Gasteiger partial charge is 0.407 e. The number of hydrogen-bond donors (Lipinski definition) is 2. The van der Waals surface area contributed by atoms with Gasteiger partial charge in [0.25, 0.3) is 5.56 Å². The second-order valence-electron chi connectivity index (χ2n) is 12.8. The molecule has 2 aromatic carbocycles. The van der Waals surface area contributed by atoms with E-state index in [1.165, 1.54) is 17.2 Å². The Hall–Kier alpha value is -3.44. The highest BCUT2D eigenvalue weighted by Crippen LogP contribution is 2.49. The maximum absolute atomic E-state index is 15.3. The van der Waals surface area contributed by atoms with Gasteiger partial charge in [-0.15, -0.1) is 0 Å². The largest absolute Gasteiger partial charge is 0.458 e. The molecule has 2 aliphatic heterocycles. The first-order valence-electron chi connectivity index (χ1n) is 16.0. The van der Waals surface area contributed by atoms with Crippen molar-refractivity contribution >= 4 is 52.6 Å². The molecule has 4 aliphatic rings. The van der Waals surface area contributed by atoms with Gasteiger partial charge in [-0.3, -0.25) is 4.79 Å². The SMILES string of the molecule is CC[C@@]1(O)C(=O)OCc2c1cc1n(c2=O)Cc2c-1nc1cc(F)c(C)c3c1c2[C@@H](NC(=O)O[C@H]1CCc2ccccc2[C@@H]1SSP)CC3. The highest BCUT2D eigenvalue weighted by Gasteiger charge is 2.46. The normalized spacial score (nSPS) is 23.5. The van der Waals surface area contributed by atoms with Crippen LogP contribution in [0.1, 0.15) is 82.0 Å². The van der Waals surface area contributed by atoms with E-state index in [9.17, 15) is 19.5 Å². The third-order valence-electron chi connectivity index (χ3n) is 10.5. The van der Waals surface area contributed by atoms with Gasteiger partial charge in [0.15, 0.2) is 5.60 Å². The van der Waals surface area contributed by atoms with Crippen LogP contribution in [0.15, 0.2) is 41.2 Å². The van der Waals surface area contributed by atoms with Crippen LogP contribution in [-0.2, 0) is 45.9 Å². The number of nitrogens with zero attached hydrogens (tertiary/aromatic N) is 2. The van der Waals surface area contributed by atoms with E-state index < -0.39 is 23.7 Å². The molecule has 0 fully saturated rings. The Kier molecular flexibility index (Phi) is 7.86. The molecule has 0 saturated carbocycles. The number of aliphatic hydroxyl groups is 1. The molecule has 5 atom stereocenters. The van der Waals surface area contributed by atoms with E-state index in [2.05, 4.69) is 25.9 Å². The standard InChI is InChI=1S/C35H33FN3O6PS2/c1-3-35(43)22-12-26-30-20(14-39(26)32(40)21(22)15-44-33(35)41)29-24(10-9-18-16(2)23(36)13-25(37-30)28(18)29)38-34(42)45-27-11-8-17-6-4-5-7-19(17)31(27)47-48-46/h4-7,12-13,24,27,31,43H,3,8-11,14-15,46H2,1-2H3,(H,38,42)/t24-,27-,31-,35-/m0/s1. The van der Waals surface area contributed by atoms with Gasteiger partial charge in [-0.1, -0.05) is 60.8 Å². The van der Waals surface area contributed by atoms with Gasteiger partial charge < -0.3 is 24.5 Å². The number of carbonyl (C=O) groups is 2. The monoisotopic (exact) mass is 705 g/mol. The van der Waals surface area contributed by atoms with Crippen molar-refractivity contribution in [3.63, 3.8) is 0 Å². The number of carbonyl (C=O) groups excluding carboxylic acids is 2. The molecular formula is C35H33FN3O6PS2. The van der Waals surface area contributed by atoms with Gasteiger partial charge in [0.2, 0.25) is 0 Å². The number of aromatic nitrogens is 2. The molecule has 2 aromatic heterocycles. The van der Waals surface area contributed by atoms with Gasteiger partial charge in [0.1, 0.15) is 18.5 Å². The molecule has 1 amide bonds. The highest BCUT2D eigenvalue weighted by molar-refractivity contribution is 8.94. The fourth-order valence-corrected chi connectivity index (χ4v) is 10.9. The molecule has 0 bridgehead atoms. The van der Waals surface area contributed by atoms with Crippen LogP contribution < -0.4 is 10.9 Å². The Bertz CT molecular complexity index is 2120. The summed E-state index contributed by atoms with van der Waals surface area (Å²) in [4.78, 5) is 45.2.